The number of hydrogen-bond acceptors (Lipinski definition) is 3. The Kier molecular flexibility index (Phi) is 4.71. The lowest BCUT2D eigenvalue weighted by Gasteiger charge is -2.23. The van der Waals surface area contributed by atoms with Gasteiger partial charge < -0.3 is 10.0 Å². The lowest BCUT2D eigenvalue weighted by atomic mass is 10.1. The van der Waals surface area contributed by atoms with Gasteiger partial charge in [0.2, 0.25) is 0 Å². The summed E-state index contributed by atoms with van der Waals surface area (Å²) in [5.74, 6) is -1.01. The molecule has 3 rings (SSSR count). The lowest BCUT2D eigenvalue weighted by Crippen LogP contribution is -2.37. The number of aliphatic carboxylic acids is 1. The van der Waals surface area contributed by atoms with Gasteiger partial charge in [-0.25, -0.2) is 4.68 Å². The molecule has 2 aromatic rings. The van der Waals surface area contributed by atoms with E-state index in [2.05, 4.69) is 21.0 Å². The fraction of sp³-hybridized carbons (Fsp3) is 0.353. The van der Waals surface area contributed by atoms with Crippen molar-refractivity contribution in [3.8, 4) is 5.69 Å². The number of hydrogen-bond donors (Lipinski definition) is 1. The van der Waals surface area contributed by atoms with Gasteiger partial charge in [0.15, 0.2) is 0 Å². The van der Waals surface area contributed by atoms with E-state index in [1.807, 2.05) is 31.2 Å². The number of carbonyl (C=O) groups excluding carboxylic acids is 1. The van der Waals surface area contributed by atoms with Crippen LogP contribution in [0.5, 0.6) is 0 Å². The van der Waals surface area contributed by atoms with Gasteiger partial charge >= 0.3 is 5.97 Å². The summed E-state index contributed by atoms with van der Waals surface area (Å²) in [4.78, 5) is 25.5. The molecule has 1 saturated heterocycles. The van der Waals surface area contributed by atoms with Crippen molar-refractivity contribution in [2.75, 3.05) is 6.54 Å². The fourth-order valence-electron chi connectivity index (χ4n) is 3.13. The molecule has 1 aliphatic rings. The zero-order chi connectivity index (χ0) is 17.3. The van der Waals surface area contributed by atoms with Gasteiger partial charge in [0, 0.05) is 17.1 Å². The summed E-state index contributed by atoms with van der Waals surface area (Å²) >= 11 is 3.40. The third-order valence-corrected chi connectivity index (χ3v) is 4.89. The fourth-order valence-corrected chi connectivity index (χ4v) is 3.40. The van der Waals surface area contributed by atoms with Crippen molar-refractivity contribution >= 4 is 27.8 Å². The first-order valence-electron chi connectivity index (χ1n) is 7.80. The number of carboxylic acid groups (broad SMARTS) is 1. The number of benzene rings is 1. The van der Waals surface area contributed by atoms with Crippen molar-refractivity contribution in [3.05, 3.63) is 46.2 Å². The van der Waals surface area contributed by atoms with Crippen molar-refractivity contribution in [1.82, 2.24) is 14.7 Å². The molecule has 0 spiro atoms. The van der Waals surface area contributed by atoms with Crippen molar-refractivity contribution < 1.29 is 14.7 Å². The molecule has 1 unspecified atom stereocenters. The number of rotatable bonds is 4. The summed E-state index contributed by atoms with van der Waals surface area (Å²) in [6, 6.07) is 7.44. The van der Waals surface area contributed by atoms with Crippen molar-refractivity contribution in [2.45, 2.75) is 32.2 Å². The van der Waals surface area contributed by atoms with Gasteiger partial charge in [-0.2, -0.15) is 5.10 Å². The van der Waals surface area contributed by atoms with Crippen LogP contribution in [0.4, 0.5) is 0 Å². The topological polar surface area (TPSA) is 75.4 Å². The molecule has 1 atom stereocenters. The van der Waals surface area contributed by atoms with Gasteiger partial charge in [0.1, 0.15) is 0 Å². The average Bonchev–Trinajstić information content (AvgIpc) is 3.14. The Labute approximate surface area is 148 Å². The first-order valence-corrected chi connectivity index (χ1v) is 8.60. The summed E-state index contributed by atoms with van der Waals surface area (Å²) < 4.78 is 2.70. The number of halogens is 1. The van der Waals surface area contributed by atoms with Crippen LogP contribution < -0.4 is 0 Å². The number of likely N-dealkylation sites (tertiary alicyclic amines) is 1. The summed E-state index contributed by atoms with van der Waals surface area (Å²) in [6.45, 7) is 2.45. The molecule has 1 N–H and O–H groups in total. The highest BCUT2D eigenvalue weighted by Crippen LogP contribution is 2.24. The van der Waals surface area contributed by atoms with Crippen LogP contribution in [0.25, 0.3) is 5.69 Å². The third kappa shape index (κ3) is 3.21. The highest BCUT2D eigenvalue weighted by Gasteiger charge is 2.32. The smallest absolute Gasteiger partial charge is 0.305 e. The van der Waals surface area contributed by atoms with Crippen LogP contribution in [0.2, 0.25) is 0 Å². The molecule has 1 aliphatic heterocycles. The first kappa shape index (κ1) is 16.7. The molecular formula is C17H18BrN3O3. The molecule has 0 saturated carbocycles. The Morgan fingerprint density at radius 3 is 2.71 bits per heavy atom. The van der Waals surface area contributed by atoms with Crippen LogP contribution in [-0.4, -0.2) is 44.3 Å². The Bertz CT molecular complexity index is 770. The van der Waals surface area contributed by atoms with Crippen LogP contribution in [0.1, 0.15) is 35.3 Å². The molecule has 0 radical (unpaired) electrons. The molecule has 126 valence electrons. The number of amides is 1. The summed E-state index contributed by atoms with van der Waals surface area (Å²) in [6.07, 6.45) is 3.13. The van der Waals surface area contributed by atoms with Gasteiger partial charge in [-0.3, -0.25) is 9.59 Å². The molecular weight excluding hydrogens is 374 g/mol. The molecule has 0 aliphatic carbocycles. The predicted octanol–water partition coefficient (Wildman–Crippen LogP) is 3.02. The second-order valence-corrected chi connectivity index (χ2v) is 6.84. The minimum atomic E-state index is -0.873. The number of nitrogens with zero attached hydrogens (tertiary/aromatic N) is 3. The van der Waals surface area contributed by atoms with E-state index in [1.54, 1.807) is 15.8 Å². The monoisotopic (exact) mass is 391 g/mol. The van der Waals surface area contributed by atoms with Crippen molar-refractivity contribution in [1.29, 1.82) is 0 Å². The maximum atomic E-state index is 12.8. The molecule has 1 amide bonds. The van der Waals surface area contributed by atoms with Crippen molar-refractivity contribution in [3.63, 3.8) is 0 Å². The Balaban J connectivity index is 1.86. The van der Waals surface area contributed by atoms with E-state index in [4.69, 9.17) is 5.11 Å². The quantitative estimate of drug-likeness (QED) is 0.868. The molecule has 1 aromatic carbocycles. The van der Waals surface area contributed by atoms with Gasteiger partial charge in [0.05, 0.1) is 29.6 Å². The number of carbonyl (C=O) groups is 2. The van der Waals surface area contributed by atoms with E-state index in [9.17, 15) is 9.59 Å². The standard InChI is InChI=1S/C17H18BrN3O3/c1-11-15(10-19-21(11)13-6-4-12(18)5-7-13)17(24)20-8-2-3-14(20)9-16(22)23/h4-7,10,14H,2-3,8-9H2,1H3,(H,22,23). The van der Waals surface area contributed by atoms with Gasteiger partial charge in [-0.15, -0.1) is 0 Å². The Hall–Kier alpha value is -2.15. The van der Waals surface area contributed by atoms with Gasteiger partial charge in [-0.1, -0.05) is 15.9 Å². The molecule has 1 fully saturated rings. The zero-order valence-corrected chi connectivity index (χ0v) is 14.9. The molecule has 7 heteroatoms. The van der Waals surface area contributed by atoms with Crippen LogP contribution in [0, 0.1) is 6.92 Å². The second-order valence-electron chi connectivity index (χ2n) is 5.92. The van der Waals surface area contributed by atoms with E-state index in [0.717, 1.165) is 28.7 Å². The minimum Gasteiger partial charge on any atom is -0.481 e. The van der Waals surface area contributed by atoms with Crippen molar-refractivity contribution in [2.24, 2.45) is 0 Å². The number of carboxylic acids is 1. The largest absolute Gasteiger partial charge is 0.481 e. The van der Waals surface area contributed by atoms with E-state index >= 15 is 0 Å². The summed E-state index contributed by atoms with van der Waals surface area (Å²) in [5.41, 5.74) is 2.15. The Morgan fingerprint density at radius 1 is 1.33 bits per heavy atom. The normalized spacial score (nSPS) is 17.2. The lowest BCUT2D eigenvalue weighted by molar-refractivity contribution is -0.137. The van der Waals surface area contributed by atoms with Gasteiger partial charge in [-0.05, 0) is 44.0 Å². The van der Waals surface area contributed by atoms with E-state index in [1.165, 1.54) is 0 Å². The predicted molar refractivity (Wildman–Crippen MR) is 92.3 cm³/mol. The highest BCUT2D eigenvalue weighted by atomic mass is 79.9. The molecule has 6 nitrogen and oxygen atoms in total. The van der Waals surface area contributed by atoms with E-state index in [0.29, 0.717) is 12.1 Å². The summed E-state index contributed by atoms with van der Waals surface area (Å²) in [5, 5.41) is 13.3. The molecule has 0 bridgehead atoms. The summed E-state index contributed by atoms with van der Waals surface area (Å²) in [7, 11) is 0. The SMILES string of the molecule is Cc1c(C(=O)N2CCCC2CC(=O)O)cnn1-c1ccc(Br)cc1. The first-order chi connectivity index (χ1) is 11.5. The van der Waals surface area contributed by atoms with Crippen LogP contribution in [-0.2, 0) is 4.79 Å². The molecule has 1 aromatic heterocycles. The van der Waals surface area contributed by atoms with Crippen LogP contribution in [0.3, 0.4) is 0 Å². The molecule has 24 heavy (non-hydrogen) atoms. The van der Waals surface area contributed by atoms with Crippen LogP contribution in [0.15, 0.2) is 34.9 Å². The van der Waals surface area contributed by atoms with Crippen LogP contribution >= 0.6 is 15.9 Å². The van der Waals surface area contributed by atoms with E-state index < -0.39 is 5.97 Å². The number of aromatic nitrogens is 2. The minimum absolute atomic E-state index is 0.00830. The maximum Gasteiger partial charge on any atom is 0.305 e. The zero-order valence-electron chi connectivity index (χ0n) is 13.3. The molecule has 2 heterocycles. The Morgan fingerprint density at radius 2 is 2.04 bits per heavy atom. The van der Waals surface area contributed by atoms with E-state index in [-0.39, 0.29) is 18.4 Å². The van der Waals surface area contributed by atoms with Gasteiger partial charge in [0.25, 0.3) is 5.91 Å². The second kappa shape index (κ2) is 6.76. The maximum absolute atomic E-state index is 12.8. The highest BCUT2D eigenvalue weighted by molar-refractivity contribution is 9.10. The third-order valence-electron chi connectivity index (χ3n) is 4.36. The average molecular weight is 392 g/mol.